The monoisotopic (exact) mass is 382 g/mol. The Hall–Kier alpha value is -1.30. The molecule has 0 atom stereocenters. The molecule has 3 heterocycles. The lowest BCUT2D eigenvalue weighted by Gasteiger charge is -2.46. The Morgan fingerprint density at radius 3 is 2.48 bits per heavy atom. The fourth-order valence-corrected chi connectivity index (χ4v) is 4.65. The van der Waals surface area contributed by atoms with Crippen LogP contribution in [0.25, 0.3) is 5.65 Å². The van der Waals surface area contributed by atoms with Crippen LogP contribution in [-0.2, 0) is 0 Å². The maximum Gasteiger partial charge on any atom is 0.270 e. The summed E-state index contributed by atoms with van der Waals surface area (Å²) in [6.45, 7) is 10.4. The molecule has 3 rings (SSSR count). The van der Waals surface area contributed by atoms with Crippen LogP contribution in [0.2, 0.25) is 10.0 Å². The molecule has 2 aromatic rings. The number of amides is 1. The number of hydrogen-bond acceptors (Lipinski definition) is 3. The summed E-state index contributed by atoms with van der Waals surface area (Å²) >= 11 is 12.3. The molecule has 136 valence electrons. The number of nitrogens with zero attached hydrogens (tertiary/aromatic N) is 2. The van der Waals surface area contributed by atoms with Crippen LogP contribution in [0.3, 0.4) is 0 Å². The van der Waals surface area contributed by atoms with E-state index in [9.17, 15) is 4.79 Å². The molecule has 5 nitrogen and oxygen atoms in total. The molecule has 0 aliphatic carbocycles. The second-order valence-electron chi connectivity index (χ2n) is 8.22. The zero-order valence-electron chi connectivity index (χ0n) is 15.2. The number of imidazole rings is 1. The first kappa shape index (κ1) is 18.5. The molecule has 2 N–H and O–H groups in total. The standard InChI is InChI=1S/C18H24Cl2N4O/c1-10-14(24-9-11(19)6-13(20)15(24)21-10)16(25)22-12-7-17(2,3)23-18(4,5)8-12/h6,9,12,23H,7-8H2,1-5H3,(H,22,25). The van der Waals surface area contributed by atoms with E-state index in [0.717, 1.165) is 12.8 Å². The molecule has 1 amide bonds. The third-order valence-electron chi connectivity index (χ3n) is 4.56. The molecular weight excluding hydrogens is 359 g/mol. The van der Waals surface area contributed by atoms with Gasteiger partial charge in [-0.1, -0.05) is 23.2 Å². The summed E-state index contributed by atoms with van der Waals surface area (Å²) in [5.41, 5.74) is 1.57. The summed E-state index contributed by atoms with van der Waals surface area (Å²) in [5, 5.41) is 7.70. The maximum atomic E-state index is 13.0. The zero-order valence-corrected chi connectivity index (χ0v) is 16.7. The highest BCUT2D eigenvalue weighted by molar-refractivity contribution is 6.36. The van der Waals surface area contributed by atoms with Crippen molar-refractivity contribution in [1.82, 2.24) is 20.0 Å². The molecule has 25 heavy (non-hydrogen) atoms. The van der Waals surface area contributed by atoms with Crippen LogP contribution < -0.4 is 10.6 Å². The Kier molecular flexibility index (Phi) is 4.55. The summed E-state index contributed by atoms with van der Waals surface area (Å²) in [5.74, 6) is -0.151. The van der Waals surface area contributed by atoms with Crippen molar-refractivity contribution in [3.63, 3.8) is 0 Å². The minimum Gasteiger partial charge on any atom is -0.348 e. The number of nitrogens with one attached hydrogen (secondary N) is 2. The van der Waals surface area contributed by atoms with Crippen LogP contribution in [0.5, 0.6) is 0 Å². The normalized spacial score (nSPS) is 20.0. The molecule has 0 unspecified atom stereocenters. The molecule has 1 aliphatic rings. The van der Waals surface area contributed by atoms with Crippen molar-refractivity contribution in [3.05, 3.63) is 33.7 Å². The zero-order chi connectivity index (χ0) is 18.6. The summed E-state index contributed by atoms with van der Waals surface area (Å²) in [4.78, 5) is 17.4. The van der Waals surface area contributed by atoms with E-state index in [-0.39, 0.29) is 23.0 Å². The first-order valence-electron chi connectivity index (χ1n) is 8.41. The first-order chi connectivity index (χ1) is 11.5. The number of piperidine rings is 1. The van der Waals surface area contributed by atoms with Gasteiger partial charge in [0, 0.05) is 23.3 Å². The first-order valence-corrected chi connectivity index (χ1v) is 9.17. The second-order valence-corrected chi connectivity index (χ2v) is 9.06. The molecule has 1 saturated heterocycles. The van der Waals surface area contributed by atoms with Gasteiger partial charge in [-0.05, 0) is 53.5 Å². The third kappa shape index (κ3) is 3.78. The molecule has 1 aliphatic heterocycles. The number of halogens is 2. The molecule has 2 aromatic heterocycles. The SMILES string of the molecule is Cc1nc2c(Cl)cc(Cl)cn2c1C(=O)NC1CC(C)(C)NC(C)(C)C1. The van der Waals surface area contributed by atoms with E-state index >= 15 is 0 Å². The fraction of sp³-hybridized carbons (Fsp3) is 0.556. The molecule has 7 heteroatoms. The van der Waals surface area contributed by atoms with Gasteiger partial charge in [0.15, 0.2) is 5.65 Å². The van der Waals surface area contributed by atoms with Crippen molar-refractivity contribution in [3.8, 4) is 0 Å². The Balaban J connectivity index is 1.92. The molecule has 0 aromatic carbocycles. The van der Waals surface area contributed by atoms with Crippen molar-refractivity contribution in [2.75, 3.05) is 0 Å². The van der Waals surface area contributed by atoms with Gasteiger partial charge in [-0.15, -0.1) is 0 Å². The number of carbonyl (C=O) groups excluding carboxylic acids is 1. The summed E-state index contributed by atoms with van der Waals surface area (Å²) in [6.07, 6.45) is 3.40. The molecular formula is C18H24Cl2N4O. The van der Waals surface area contributed by atoms with Crippen LogP contribution in [0.1, 0.15) is 56.7 Å². The number of rotatable bonds is 2. The lowest BCUT2D eigenvalue weighted by molar-refractivity contribution is 0.0867. The van der Waals surface area contributed by atoms with E-state index in [1.165, 1.54) is 0 Å². The predicted octanol–water partition coefficient (Wildman–Crippen LogP) is 3.99. The van der Waals surface area contributed by atoms with Gasteiger partial charge in [-0.25, -0.2) is 4.98 Å². The second kappa shape index (κ2) is 6.15. The largest absolute Gasteiger partial charge is 0.348 e. The highest BCUT2D eigenvalue weighted by Crippen LogP contribution is 2.29. The smallest absolute Gasteiger partial charge is 0.270 e. The lowest BCUT2D eigenvalue weighted by atomic mass is 9.79. The van der Waals surface area contributed by atoms with Gasteiger partial charge >= 0.3 is 0 Å². The highest BCUT2D eigenvalue weighted by Gasteiger charge is 2.38. The Bertz CT molecular complexity index is 825. The summed E-state index contributed by atoms with van der Waals surface area (Å²) in [7, 11) is 0. The van der Waals surface area contributed by atoms with E-state index < -0.39 is 0 Å². The Morgan fingerprint density at radius 2 is 1.88 bits per heavy atom. The Labute approximate surface area is 158 Å². The quantitative estimate of drug-likeness (QED) is 0.825. The van der Waals surface area contributed by atoms with Gasteiger partial charge in [0.05, 0.1) is 15.7 Å². The van der Waals surface area contributed by atoms with Crippen molar-refractivity contribution in [1.29, 1.82) is 0 Å². The van der Waals surface area contributed by atoms with Crippen molar-refractivity contribution >= 4 is 34.8 Å². The number of pyridine rings is 1. The van der Waals surface area contributed by atoms with Crippen LogP contribution >= 0.6 is 23.2 Å². The van der Waals surface area contributed by atoms with Crippen molar-refractivity contribution < 1.29 is 4.79 Å². The van der Waals surface area contributed by atoms with Gasteiger partial charge in [0.25, 0.3) is 5.91 Å². The molecule has 1 fully saturated rings. The maximum absolute atomic E-state index is 13.0. The van der Waals surface area contributed by atoms with E-state index in [0.29, 0.717) is 27.1 Å². The van der Waals surface area contributed by atoms with E-state index in [1.807, 2.05) is 6.92 Å². The summed E-state index contributed by atoms with van der Waals surface area (Å²) in [6, 6.07) is 1.71. The average Bonchev–Trinajstić information content (AvgIpc) is 2.71. The average molecular weight is 383 g/mol. The number of aromatic nitrogens is 2. The minimum absolute atomic E-state index is 0.0408. The van der Waals surface area contributed by atoms with Crippen LogP contribution in [0.15, 0.2) is 12.3 Å². The van der Waals surface area contributed by atoms with Gasteiger partial charge < -0.3 is 10.6 Å². The molecule has 0 bridgehead atoms. The number of hydrogen-bond donors (Lipinski definition) is 2. The van der Waals surface area contributed by atoms with Gasteiger partial charge in [0.2, 0.25) is 0 Å². The van der Waals surface area contributed by atoms with Crippen LogP contribution in [0.4, 0.5) is 0 Å². The minimum atomic E-state index is -0.151. The van der Waals surface area contributed by atoms with Crippen LogP contribution in [0, 0.1) is 6.92 Å². The predicted molar refractivity (Wildman–Crippen MR) is 102 cm³/mol. The molecule has 0 radical (unpaired) electrons. The molecule has 0 spiro atoms. The topological polar surface area (TPSA) is 58.4 Å². The van der Waals surface area contributed by atoms with Crippen molar-refractivity contribution in [2.45, 2.75) is 64.6 Å². The third-order valence-corrected chi connectivity index (χ3v) is 5.04. The highest BCUT2D eigenvalue weighted by atomic mass is 35.5. The molecule has 0 saturated carbocycles. The van der Waals surface area contributed by atoms with E-state index in [4.69, 9.17) is 23.2 Å². The number of fused-ring (bicyclic) bond motifs is 1. The van der Waals surface area contributed by atoms with E-state index in [1.54, 1.807) is 16.7 Å². The van der Waals surface area contributed by atoms with Crippen molar-refractivity contribution in [2.24, 2.45) is 0 Å². The number of aryl methyl sites for hydroxylation is 1. The Morgan fingerprint density at radius 1 is 1.28 bits per heavy atom. The summed E-state index contributed by atoms with van der Waals surface area (Å²) < 4.78 is 1.67. The van der Waals surface area contributed by atoms with Gasteiger partial charge in [0.1, 0.15) is 5.69 Å². The van der Waals surface area contributed by atoms with Crippen LogP contribution in [-0.4, -0.2) is 32.4 Å². The lowest BCUT2D eigenvalue weighted by Crippen LogP contribution is -2.62. The van der Waals surface area contributed by atoms with Gasteiger partial charge in [-0.3, -0.25) is 9.20 Å². The number of carbonyl (C=O) groups is 1. The van der Waals surface area contributed by atoms with Gasteiger partial charge in [-0.2, -0.15) is 0 Å². The fourth-order valence-electron chi connectivity index (χ4n) is 4.14. The van der Waals surface area contributed by atoms with E-state index in [2.05, 4.69) is 43.3 Å².